The van der Waals surface area contributed by atoms with Crippen molar-refractivity contribution in [3.63, 3.8) is 0 Å². The molecule has 130 valence electrons. The zero-order chi connectivity index (χ0) is 17.8. The van der Waals surface area contributed by atoms with Gasteiger partial charge in [0.25, 0.3) is 11.8 Å². The number of aliphatic hydroxyl groups excluding tert-OH is 2. The van der Waals surface area contributed by atoms with E-state index >= 15 is 0 Å². The fourth-order valence-electron chi connectivity index (χ4n) is 2.59. The van der Waals surface area contributed by atoms with Crippen LogP contribution in [0.25, 0.3) is 10.8 Å². The lowest BCUT2D eigenvalue weighted by atomic mass is 10.1. The molecule has 2 amide bonds. The van der Waals surface area contributed by atoms with E-state index in [1.165, 1.54) is 28.4 Å². The van der Waals surface area contributed by atoms with E-state index in [-0.39, 0.29) is 25.0 Å². The van der Waals surface area contributed by atoms with Gasteiger partial charge in [0.1, 0.15) is 0 Å². The molecule has 1 heterocycles. The van der Waals surface area contributed by atoms with Gasteiger partial charge in [-0.25, -0.2) is 4.90 Å². The molecule has 2 aromatic rings. The fraction of sp³-hybridized carbons (Fsp3) is 0.222. The maximum Gasteiger partial charge on any atom is 0.273 e. The molecule has 0 aliphatic carbocycles. The fourth-order valence-corrected chi connectivity index (χ4v) is 4.40. The van der Waals surface area contributed by atoms with Gasteiger partial charge >= 0.3 is 0 Å². The Kier molecular flexibility index (Phi) is 5.80. The number of imide groups is 1. The summed E-state index contributed by atoms with van der Waals surface area (Å²) in [7, 11) is 0. The Bertz CT molecular complexity index is 820. The van der Waals surface area contributed by atoms with Crippen LogP contribution in [-0.2, 0) is 9.59 Å². The van der Waals surface area contributed by atoms with Crippen LogP contribution >= 0.6 is 23.5 Å². The number of hydrogen-bond donors (Lipinski definition) is 2. The van der Waals surface area contributed by atoms with Crippen molar-refractivity contribution in [2.24, 2.45) is 0 Å². The molecular formula is C18H17NO4S2. The largest absolute Gasteiger partial charge is 0.396 e. The lowest BCUT2D eigenvalue weighted by Gasteiger charge is -2.15. The van der Waals surface area contributed by atoms with Crippen LogP contribution in [0.1, 0.15) is 0 Å². The maximum absolute atomic E-state index is 12.8. The lowest BCUT2D eigenvalue weighted by molar-refractivity contribution is -0.120. The molecule has 0 fully saturated rings. The summed E-state index contributed by atoms with van der Waals surface area (Å²) in [5, 5.41) is 20.1. The predicted octanol–water partition coefficient (Wildman–Crippen LogP) is 2.38. The first-order valence-electron chi connectivity index (χ1n) is 7.76. The molecule has 0 aromatic heterocycles. The number of thioether (sulfide) groups is 2. The van der Waals surface area contributed by atoms with Crippen LogP contribution in [-0.4, -0.2) is 46.7 Å². The Morgan fingerprint density at radius 2 is 1.36 bits per heavy atom. The molecule has 0 atom stereocenters. The summed E-state index contributed by atoms with van der Waals surface area (Å²) < 4.78 is 0. The summed E-state index contributed by atoms with van der Waals surface area (Å²) in [6, 6.07) is 13.2. The first-order valence-corrected chi connectivity index (χ1v) is 9.73. The molecule has 2 aromatic carbocycles. The Balaban J connectivity index is 1.96. The number of hydrogen-bond acceptors (Lipinski definition) is 6. The van der Waals surface area contributed by atoms with Crippen LogP contribution in [0, 0.1) is 0 Å². The number of carbonyl (C=O) groups is 2. The number of aliphatic hydroxyl groups is 2. The van der Waals surface area contributed by atoms with Crippen molar-refractivity contribution in [3.8, 4) is 0 Å². The average Bonchev–Trinajstić information content (AvgIpc) is 2.87. The zero-order valence-electron chi connectivity index (χ0n) is 13.3. The standard InChI is InChI=1S/C18H17NO4S2/c20-7-9-24-15-16(25-10-8-21)18(23)19(17(15)22)14-6-5-12-3-1-2-4-13(12)11-14/h1-6,11,20-21H,7-10H2. The van der Waals surface area contributed by atoms with E-state index in [1.807, 2.05) is 36.4 Å². The van der Waals surface area contributed by atoms with Gasteiger partial charge in [-0.3, -0.25) is 9.59 Å². The van der Waals surface area contributed by atoms with E-state index < -0.39 is 0 Å². The van der Waals surface area contributed by atoms with Crippen LogP contribution in [0.2, 0.25) is 0 Å². The second-order valence-corrected chi connectivity index (χ2v) is 7.49. The second-order valence-electron chi connectivity index (χ2n) is 5.28. The first-order chi connectivity index (χ1) is 12.2. The normalized spacial score (nSPS) is 14.9. The summed E-state index contributed by atoms with van der Waals surface area (Å²) in [5.74, 6) is -0.0787. The molecule has 7 heteroatoms. The third kappa shape index (κ3) is 3.59. The summed E-state index contributed by atoms with van der Waals surface area (Å²) in [6.45, 7) is -0.160. The predicted molar refractivity (Wildman–Crippen MR) is 103 cm³/mol. The number of amides is 2. The Hall–Kier alpha value is -1.80. The lowest BCUT2D eigenvalue weighted by Crippen LogP contribution is -2.31. The Morgan fingerprint density at radius 3 is 1.92 bits per heavy atom. The zero-order valence-corrected chi connectivity index (χ0v) is 15.0. The molecule has 0 unspecified atom stereocenters. The molecule has 25 heavy (non-hydrogen) atoms. The highest BCUT2D eigenvalue weighted by Gasteiger charge is 2.39. The minimum Gasteiger partial charge on any atom is -0.396 e. The van der Waals surface area contributed by atoms with Crippen molar-refractivity contribution >= 4 is 51.8 Å². The minimum atomic E-state index is -0.376. The maximum atomic E-state index is 12.8. The molecule has 2 N–H and O–H groups in total. The van der Waals surface area contributed by atoms with E-state index in [9.17, 15) is 9.59 Å². The van der Waals surface area contributed by atoms with Crippen molar-refractivity contribution in [3.05, 3.63) is 52.3 Å². The molecule has 0 bridgehead atoms. The van der Waals surface area contributed by atoms with Gasteiger partial charge in [0, 0.05) is 11.5 Å². The van der Waals surface area contributed by atoms with E-state index in [1.54, 1.807) is 6.07 Å². The van der Waals surface area contributed by atoms with Crippen molar-refractivity contribution in [2.45, 2.75) is 0 Å². The number of benzene rings is 2. The van der Waals surface area contributed by atoms with Gasteiger partial charge < -0.3 is 10.2 Å². The number of anilines is 1. The van der Waals surface area contributed by atoms with Gasteiger partial charge in [-0.05, 0) is 22.9 Å². The molecule has 3 rings (SSSR count). The molecule has 0 radical (unpaired) electrons. The van der Waals surface area contributed by atoms with Gasteiger partial charge in [-0.1, -0.05) is 30.3 Å². The number of nitrogens with zero attached hydrogens (tertiary/aromatic N) is 1. The molecule has 1 aliphatic rings. The van der Waals surface area contributed by atoms with Crippen molar-refractivity contribution < 1.29 is 19.8 Å². The van der Waals surface area contributed by atoms with E-state index in [4.69, 9.17) is 10.2 Å². The van der Waals surface area contributed by atoms with Gasteiger partial charge in [-0.15, -0.1) is 23.5 Å². The van der Waals surface area contributed by atoms with Crippen LogP contribution in [0.4, 0.5) is 5.69 Å². The molecule has 5 nitrogen and oxygen atoms in total. The smallest absolute Gasteiger partial charge is 0.273 e. The second kappa shape index (κ2) is 8.05. The number of rotatable bonds is 7. The highest BCUT2D eigenvalue weighted by molar-refractivity contribution is 8.08. The van der Waals surface area contributed by atoms with Gasteiger partial charge in [0.05, 0.1) is 28.7 Å². The van der Waals surface area contributed by atoms with E-state index in [0.29, 0.717) is 27.0 Å². The summed E-state index contributed by atoms with van der Waals surface area (Å²) in [6.07, 6.45) is 0. The van der Waals surface area contributed by atoms with Crippen molar-refractivity contribution in [1.29, 1.82) is 0 Å². The van der Waals surface area contributed by atoms with E-state index in [2.05, 4.69) is 0 Å². The monoisotopic (exact) mass is 375 g/mol. The average molecular weight is 375 g/mol. The van der Waals surface area contributed by atoms with Gasteiger partial charge in [0.2, 0.25) is 0 Å². The Labute approximate surface area is 153 Å². The molecule has 0 saturated heterocycles. The highest BCUT2D eigenvalue weighted by Crippen LogP contribution is 2.39. The highest BCUT2D eigenvalue weighted by atomic mass is 32.2. The summed E-state index contributed by atoms with van der Waals surface area (Å²) in [4.78, 5) is 27.5. The molecule has 0 saturated carbocycles. The number of fused-ring (bicyclic) bond motifs is 1. The van der Waals surface area contributed by atoms with Crippen LogP contribution < -0.4 is 4.90 Å². The van der Waals surface area contributed by atoms with E-state index in [0.717, 1.165) is 10.8 Å². The van der Waals surface area contributed by atoms with Crippen LogP contribution in [0.3, 0.4) is 0 Å². The van der Waals surface area contributed by atoms with Crippen LogP contribution in [0.15, 0.2) is 52.3 Å². The van der Waals surface area contributed by atoms with Crippen molar-refractivity contribution in [1.82, 2.24) is 0 Å². The van der Waals surface area contributed by atoms with Crippen LogP contribution in [0.5, 0.6) is 0 Å². The topological polar surface area (TPSA) is 77.8 Å². The molecule has 1 aliphatic heterocycles. The third-order valence-corrected chi connectivity index (χ3v) is 5.90. The minimum absolute atomic E-state index is 0.0798. The quantitative estimate of drug-likeness (QED) is 0.724. The van der Waals surface area contributed by atoms with Gasteiger partial charge in [-0.2, -0.15) is 0 Å². The van der Waals surface area contributed by atoms with Crippen molar-refractivity contribution in [2.75, 3.05) is 29.6 Å². The number of carbonyl (C=O) groups excluding carboxylic acids is 2. The van der Waals surface area contributed by atoms with Gasteiger partial charge in [0.15, 0.2) is 0 Å². The third-order valence-electron chi connectivity index (χ3n) is 3.67. The Morgan fingerprint density at radius 1 is 0.800 bits per heavy atom. The summed E-state index contributed by atoms with van der Waals surface area (Å²) in [5.41, 5.74) is 0.524. The molecule has 0 spiro atoms. The molecular weight excluding hydrogens is 358 g/mol. The SMILES string of the molecule is O=C1C(SCCO)=C(SCCO)C(=O)N1c1ccc2ccccc2c1. The summed E-state index contributed by atoms with van der Waals surface area (Å²) >= 11 is 2.34. The first kappa shape index (κ1) is 18.0.